The summed E-state index contributed by atoms with van der Waals surface area (Å²) in [7, 11) is 3.33. The average molecular weight is 357 g/mol. The highest BCUT2D eigenvalue weighted by molar-refractivity contribution is 9.10. The molecule has 0 spiro atoms. The SMILES string of the molecule is COc1cc(Br)c(CN2CCC(C(C)N)CC2)cc1OC. The van der Waals surface area contributed by atoms with Crippen LogP contribution in [0.25, 0.3) is 0 Å². The van der Waals surface area contributed by atoms with Crippen LogP contribution in [0.3, 0.4) is 0 Å². The molecule has 21 heavy (non-hydrogen) atoms. The lowest BCUT2D eigenvalue weighted by Gasteiger charge is -2.34. The van der Waals surface area contributed by atoms with Gasteiger partial charge in [0.1, 0.15) is 0 Å². The van der Waals surface area contributed by atoms with Crippen molar-refractivity contribution in [2.45, 2.75) is 32.4 Å². The molecule has 1 heterocycles. The van der Waals surface area contributed by atoms with Gasteiger partial charge < -0.3 is 15.2 Å². The summed E-state index contributed by atoms with van der Waals surface area (Å²) >= 11 is 3.63. The zero-order chi connectivity index (χ0) is 15.4. The van der Waals surface area contributed by atoms with Gasteiger partial charge in [0, 0.05) is 17.1 Å². The van der Waals surface area contributed by atoms with Crippen LogP contribution in [0, 0.1) is 5.92 Å². The lowest BCUT2D eigenvalue weighted by Crippen LogP contribution is -2.39. The van der Waals surface area contributed by atoms with Crippen LogP contribution in [0.15, 0.2) is 16.6 Å². The third-order valence-electron chi connectivity index (χ3n) is 4.32. The van der Waals surface area contributed by atoms with Crippen molar-refractivity contribution in [1.82, 2.24) is 4.90 Å². The second-order valence-electron chi connectivity index (χ2n) is 5.77. The number of hydrogen-bond donors (Lipinski definition) is 1. The summed E-state index contributed by atoms with van der Waals surface area (Å²) in [5, 5.41) is 0. The lowest BCUT2D eigenvalue weighted by molar-refractivity contribution is 0.165. The summed E-state index contributed by atoms with van der Waals surface area (Å²) in [6, 6.07) is 4.34. The van der Waals surface area contributed by atoms with E-state index in [4.69, 9.17) is 15.2 Å². The number of nitrogens with zero attached hydrogens (tertiary/aromatic N) is 1. The van der Waals surface area contributed by atoms with Crippen molar-refractivity contribution in [3.63, 3.8) is 0 Å². The van der Waals surface area contributed by atoms with Crippen LogP contribution in [-0.2, 0) is 6.54 Å². The highest BCUT2D eigenvalue weighted by Gasteiger charge is 2.22. The Morgan fingerprint density at radius 1 is 1.24 bits per heavy atom. The van der Waals surface area contributed by atoms with Crippen molar-refractivity contribution in [2.24, 2.45) is 11.7 Å². The summed E-state index contributed by atoms with van der Waals surface area (Å²) in [4.78, 5) is 2.48. The molecule has 2 rings (SSSR count). The standard InChI is InChI=1S/C16H25BrN2O2/c1-11(18)12-4-6-19(7-5-12)10-13-8-15(20-2)16(21-3)9-14(13)17/h8-9,11-12H,4-7,10,18H2,1-3H3. The normalized spacial score (nSPS) is 18.5. The number of ether oxygens (including phenoxy) is 2. The first-order chi connectivity index (χ1) is 10.0. The molecule has 1 atom stereocenters. The van der Waals surface area contributed by atoms with Gasteiger partial charge in [-0.2, -0.15) is 0 Å². The fourth-order valence-corrected chi connectivity index (χ4v) is 3.34. The average Bonchev–Trinajstić information content (AvgIpc) is 2.49. The van der Waals surface area contributed by atoms with E-state index in [9.17, 15) is 0 Å². The van der Waals surface area contributed by atoms with Gasteiger partial charge in [-0.15, -0.1) is 0 Å². The van der Waals surface area contributed by atoms with Gasteiger partial charge in [0.25, 0.3) is 0 Å². The number of likely N-dealkylation sites (tertiary alicyclic amines) is 1. The van der Waals surface area contributed by atoms with Gasteiger partial charge in [-0.25, -0.2) is 0 Å². The number of hydrogen-bond acceptors (Lipinski definition) is 4. The summed E-state index contributed by atoms with van der Waals surface area (Å²) in [6.07, 6.45) is 2.37. The van der Waals surface area contributed by atoms with E-state index >= 15 is 0 Å². The molecule has 1 unspecified atom stereocenters. The second kappa shape index (κ2) is 7.47. The molecule has 118 valence electrons. The zero-order valence-electron chi connectivity index (χ0n) is 13.1. The Kier molecular flexibility index (Phi) is 5.90. The first-order valence-electron chi connectivity index (χ1n) is 7.43. The molecule has 1 aliphatic heterocycles. The largest absolute Gasteiger partial charge is 0.493 e. The first-order valence-corrected chi connectivity index (χ1v) is 8.22. The number of benzene rings is 1. The van der Waals surface area contributed by atoms with Crippen LogP contribution in [0.5, 0.6) is 11.5 Å². The zero-order valence-corrected chi connectivity index (χ0v) is 14.6. The molecule has 0 aliphatic carbocycles. The Bertz CT molecular complexity index is 472. The van der Waals surface area contributed by atoms with Crippen molar-refractivity contribution in [2.75, 3.05) is 27.3 Å². The monoisotopic (exact) mass is 356 g/mol. The van der Waals surface area contributed by atoms with Gasteiger partial charge in [0.2, 0.25) is 0 Å². The molecule has 0 saturated carbocycles. The quantitative estimate of drug-likeness (QED) is 0.880. The first kappa shape index (κ1) is 16.6. The van der Waals surface area contributed by atoms with Crippen LogP contribution in [0.4, 0.5) is 0 Å². The molecule has 1 aromatic rings. The maximum Gasteiger partial charge on any atom is 0.161 e. The maximum atomic E-state index is 6.00. The van der Waals surface area contributed by atoms with Crippen molar-refractivity contribution >= 4 is 15.9 Å². The van der Waals surface area contributed by atoms with E-state index < -0.39 is 0 Å². The van der Waals surface area contributed by atoms with Crippen LogP contribution in [0.1, 0.15) is 25.3 Å². The third-order valence-corrected chi connectivity index (χ3v) is 5.06. The van der Waals surface area contributed by atoms with Crippen LogP contribution in [0.2, 0.25) is 0 Å². The fourth-order valence-electron chi connectivity index (χ4n) is 2.90. The van der Waals surface area contributed by atoms with Crippen molar-refractivity contribution in [3.8, 4) is 11.5 Å². The van der Waals surface area contributed by atoms with Gasteiger partial charge in [-0.3, -0.25) is 4.90 Å². The lowest BCUT2D eigenvalue weighted by atomic mass is 9.91. The molecule has 0 bridgehead atoms. The summed E-state index contributed by atoms with van der Waals surface area (Å²) in [6.45, 7) is 5.25. The van der Waals surface area contributed by atoms with Crippen molar-refractivity contribution in [1.29, 1.82) is 0 Å². The van der Waals surface area contributed by atoms with Gasteiger partial charge in [-0.05, 0) is 56.5 Å². The summed E-state index contributed by atoms with van der Waals surface area (Å²) in [5.74, 6) is 2.19. The van der Waals surface area contributed by atoms with E-state index in [1.807, 2.05) is 6.07 Å². The van der Waals surface area contributed by atoms with Crippen LogP contribution < -0.4 is 15.2 Å². The smallest absolute Gasteiger partial charge is 0.161 e. The van der Waals surface area contributed by atoms with E-state index in [0.29, 0.717) is 12.0 Å². The number of piperidine rings is 1. The molecule has 5 heteroatoms. The molecule has 0 aromatic heterocycles. The predicted molar refractivity (Wildman–Crippen MR) is 88.9 cm³/mol. The second-order valence-corrected chi connectivity index (χ2v) is 6.63. The summed E-state index contributed by atoms with van der Waals surface area (Å²) in [5.41, 5.74) is 7.23. The molecule has 0 radical (unpaired) electrons. The molecule has 4 nitrogen and oxygen atoms in total. The van der Waals surface area contributed by atoms with E-state index in [1.165, 1.54) is 18.4 Å². The third kappa shape index (κ3) is 4.11. The van der Waals surface area contributed by atoms with Gasteiger partial charge in [0.05, 0.1) is 14.2 Å². The van der Waals surface area contributed by atoms with Gasteiger partial charge in [0.15, 0.2) is 11.5 Å². The number of nitrogens with two attached hydrogens (primary N) is 1. The molecular formula is C16H25BrN2O2. The highest BCUT2D eigenvalue weighted by Crippen LogP contribution is 2.34. The minimum Gasteiger partial charge on any atom is -0.493 e. The molecule has 1 saturated heterocycles. The van der Waals surface area contributed by atoms with Crippen molar-refractivity contribution in [3.05, 3.63) is 22.2 Å². The van der Waals surface area contributed by atoms with E-state index in [1.54, 1.807) is 14.2 Å². The molecule has 1 aliphatic rings. The number of halogens is 1. The van der Waals surface area contributed by atoms with Gasteiger partial charge >= 0.3 is 0 Å². The number of methoxy groups -OCH3 is 2. The van der Waals surface area contributed by atoms with E-state index in [-0.39, 0.29) is 0 Å². The maximum absolute atomic E-state index is 6.00. The van der Waals surface area contributed by atoms with Crippen LogP contribution in [-0.4, -0.2) is 38.3 Å². The van der Waals surface area contributed by atoms with E-state index in [2.05, 4.69) is 33.8 Å². The molecular weight excluding hydrogens is 332 g/mol. The van der Waals surface area contributed by atoms with Crippen LogP contribution >= 0.6 is 15.9 Å². The Hall–Kier alpha value is -0.780. The summed E-state index contributed by atoms with van der Waals surface area (Å²) < 4.78 is 11.8. The molecule has 2 N–H and O–H groups in total. The Labute approximate surface area is 135 Å². The molecule has 0 amide bonds. The number of rotatable bonds is 5. The Balaban J connectivity index is 2.03. The van der Waals surface area contributed by atoms with Crippen molar-refractivity contribution < 1.29 is 9.47 Å². The Morgan fingerprint density at radius 3 is 2.33 bits per heavy atom. The molecule has 1 aromatic carbocycles. The molecule has 1 fully saturated rings. The minimum absolute atomic E-state index is 0.306. The van der Waals surface area contributed by atoms with E-state index in [0.717, 1.165) is 35.6 Å². The fraction of sp³-hybridized carbons (Fsp3) is 0.625. The topological polar surface area (TPSA) is 47.7 Å². The van der Waals surface area contributed by atoms with Gasteiger partial charge in [-0.1, -0.05) is 15.9 Å². The minimum atomic E-state index is 0.306. The highest BCUT2D eigenvalue weighted by atomic mass is 79.9. The predicted octanol–water partition coefficient (Wildman–Crippen LogP) is 3.03. The Morgan fingerprint density at radius 2 is 1.81 bits per heavy atom.